The number of hydrogen-bond donors (Lipinski definition) is 2. The third-order valence-corrected chi connectivity index (χ3v) is 3.78. The molecule has 0 aliphatic rings. The maximum Gasteiger partial charge on any atom is 0.274 e. The molecule has 0 radical (unpaired) electrons. The normalized spacial score (nSPS) is 10.2. The fraction of sp³-hybridized carbons (Fsp3) is 0.278. The molecule has 0 aliphatic carbocycles. The highest BCUT2D eigenvalue weighted by Crippen LogP contribution is 2.27. The number of ether oxygens (including phenoxy) is 1. The average Bonchev–Trinajstić information content (AvgIpc) is 2.62. The van der Waals surface area contributed by atoms with Gasteiger partial charge in [-0.3, -0.25) is 14.6 Å². The van der Waals surface area contributed by atoms with Crippen molar-refractivity contribution in [2.24, 2.45) is 0 Å². The number of unbranched alkanes of at least 4 members (excludes halogenated alkanes) is 1. The molecule has 0 unspecified atom stereocenters. The number of anilines is 1. The van der Waals surface area contributed by atoms with Crippen LogP contribution in [0.1, 0.15) is 40.6 Å². The van der Waals surface area contributed by atoms with Gasteiger partial charge in [-0.1, -0.05) is 24.9 Å². The minimum atomic E-state index is -0.426. The van der Waals surface area contributed by atoms with E-state index in [1.165, 1.54) is 19.4 Å². The number of nitrogens with one attached hydrogen (secondary N) is 2. The minimum Gasteiger partial charge on any atom is -0.495 e. The number of hydrogen-bond acceptors (Lipinski definition) is 4. The Morgan fingerprint density at radius 1 is 1.20 bits per heavy atom. The average molecular weight is 362 g/mol. The van der Waals surface area contributed by atoms with E-state index in [9.17, 15) is 9.59 Å². The molecule has 1 heterocycles. The van der Waals surface area contributed by atoms with Gasteiger partial charge in [-0.2, -0.15) is 0 Å². The first-order valence-corrected chi connectivity index (χ1v) is 8.32. The lowest BCUT2D eigenvalue weighted by molar-refractivity contribution is 0.0953. The number of nitrogens with zero attached hydrogens (tertiary/aromatic N) is 1. The number of pyridine rings is 1. The molecule has 1 aromatic carbocycles. The predicted molar refractivity (Wildman–Crippen MR) is 97.4 cm³/mol. The van der Waals surface area contributed by atoms with Crippen molar-refractivity contribution in [3.63, 3.8) is 0 Å². The molecular formula is C18H20ClN3O3. The Morgan fingerprint density at radius 2 is 2.00 bits per heavy atom. The molecule has 7 heteroatoms. The Hall–Kier alpha value is -2.60. The molecule has 0 atom stereocenters. The van der Waals surface area contributed by atoms with E-state index in [0.29, 0.717) is 28.6 Å². The SMILES string of the molecule is CCCCNC(=O)c1ccnc(C(=O)Nc2ccc(OC)c(Cl)c2)c1. The maximum absolute atomic E-state index is 12.3. The molecule has 1 aromatic heterocycles. The lowest BCUT2D eigenvalue weighted by atomic mass is 10.2. The summed E-state index contributed by atoms with van der Waals surface area (Å²) in [5, 5.41) is 5.89. The zero-order valence-electron chi connectivity index (χ0n) is 14.1. The van der Waals surface area contributed by atoms with E-state index in [2.05, 4.69) is 15.6 Å². The van der Waals surface area contributed by atoms with Crippen LogP contribution in [-0.2, 0) is 0 Å². The quantitative estimate of drug-likeness (QED) is 0.739. The fourth-order valence-corrected chi connectivity index (χ4v) is 2.37. The monoisotopic (exact) mass is 361 g/mol. The van der Waals surface area contributed by atoms with Crippen molar-refractivity contribution in [2.75, 3.05) is 19.0 Å². The molecule has 0 saturated carbocycles. The van der Waals surface area contributed by atoms with Gasteiger partial charge in [-0.05, 0) is 36.8 Å². The topological polar surface area (TPSA) is 80.3 Å². The van der Waals surface area contributed by atoms with Gasteiger partial charge >= 0.3 is 0 Å². The van der Waals surface area contributed by atoms with E-state index in [1.807, 2.05) is 6.92 Å². The van der Waals surface area contributed by atoms with Crippen molar-refractivity contribution in [2.45, 2.75) is 19.8 Å². The number of methoxy groups -OCH3 is 1. The Bertz CT molecular complexity index is 765. The van der Waals surface area contributed by atoms with Gasteiger partial charge < -0.3 is 15.4 Å². The van der Waals surface area contributed by atoms with Gasteiger partial charge in [0.2, 0.25) is 0 Å². The van der Waals surface area contributed by atoms with Gasteiger partial charge in [0.15, 0.2) is 0 Å². The first kappa shape index (κ1) is 18.7. The number of amides is 2. The molecule has 0 spiro atoms. The second-order valence-corrected chi connectivity index (χ2v) is 5.75. The predicted octanol–water partition coefficient (Wildman–Crippen LogP) is 3.53. The number of carbonyl (C=O) groups is 2. The summed E-state index contributed by atoms with van der Waals surface area (Å²) in [7, 11) is 1.51. The third-order valence-electron chi connectivity index (χ3n) is 3.48. The van der Waals surface area contributed by atoms with Gasteiger partial charge in [0.05, 0.1) is 12.1 Å². The van der Waals surface area contributed by atoms with Crippen molar-refractivity contribution in [1.29, 1.82) is 0 Å². The minimum absolute atomic E-state index is 0.148. The molecule has 0 fully saturated rings. The van der Waals surface area contributed by atoms with Crippen LogP contribution in [0.15, 0.2) is 36.5 Å². The summed E-state index contributed by atoms with van der Waals surface area (Å²) in [4.78, 5) is 28.4. The Kier molecular flexibility index (Phi) is 6.77. The summed E-state index contributed by atoms with van der Waals surface area (Å²) in [6.07, 6.45) is 3.34. The Morgan fingerprint density at radius 3 is 2.68 bits per heavy atom. The smallest absolute Gasteiger partial charge is 0.274 e. The zero-order chi connectivity index (χ0) is 18.2. The van der Waals surface area contributed by atoms with Crippen LogP contribution in [-0.4, -0.2) is 30.5 Å². The van der Waals surface area contributed by atoms with Crippen LogP contribution in [0.4, 0.5) is 5.69 Å². The van der Waals surface area contributed by atoms with Crippen molar-refractivity contribution in [3.05, 3.63) is 52.8 Å². The van der Waals surface area contributed by atoms with Crippen LogP contribution < -0.4 is 15.4 Å². The lowest BCUT2D eigenvalue weighted by Crippen LogP contribution is -2.25. The second kappa shape index (κ2) is 9.03. The molecule has 2 N–H and O–H groups in total. The van der Waals surface area contributed by atoms with Crippen LogP contribution in [0.3, 0.4) is 0 Å². The highest BCUT2D eigenvalue weighted by atomic mass is 35.5. The van der Waals surface area contributed by atoms with Gasteiger partial charge in [0, 0.05) is 24.0 Å². The molecular weight excluding hydrogens is 342 g/mol. The summed E-state index contributed by atoms with van der Waals surface area (Å²) in [6.45, 7) is 2.65. The second-order valence-electron chi connectivity index (χ2n) is 5.34. The number of carbonyl (C=O) groups excluding carboxylic acids is 2. The van der Waals surface area contributed by atoms with E-state index in [-0.39, 0.29) is 11.6 Å². The van der Waals surface area contributed by atoms with E-state index in [1.54, 1.807) is 24.3 Å². The molecule has 0 bridgehead atoms. The number of aromatic nitrogens is 1. The summed E-state index contributed by atoms with van der Waals surface area (Å²) >= 11 is 6.04. The Labute approximate surface area is 151 Å². The molecule has 2 rings (SSSR count). The van der Waals surface area contributed by atoms with Gasteiger partial charge in [-0.15, -0.1) is 0 Å². The Balaban J connectivity index is 2.08. The molecule has 132 valence electrons. The van der Waals surface area contributed by atoms with Crippen LogP contribution in [0, 0.1) is 0 Å². The molecule has 6 nitrogen and oxygen atoms in total. The molecule has 0 aliphatic heterocycles. The van der Waals surface area contributed by atoms with E-state index in [4.69, 9.17) is 16.3 Å². The standard InChI is InChI=1S/C18H20ClN3O3/c1-3-4-8-21-17(23)12-7-9-20-15(10-12)18(24)22-13-5-6-16(25-2)14(19)11-13/h5-7,9-11H,3-4,8H2,1-2H3,(H,21,23)(H,22,24). The summed E-state index contributed by atoms with van der Waals surface area (Å²) in [5.74, 6) is -0.134. The highest BCUT2D eigenvalue weighted by Gasteiger charge is 2.12. The third kappa shape index (κ3) is 5.19. The molecule has 0 saturated heterocycles. The first-order chi connectivity index (χ1) is 12.0. The van der Waals surface area contributed by atoms with Crippen molar-refractivity contribution >= 4 is 29.1 Å². The molecule has 25 heavy (non-hydrogen) atoms. The van der Waals surface area contributed by atoms with Crippen LogP contribution >= 0.6 is 11.6 Å². The van der Waals surface area contributed by atoms with Crippen molar-refractivity contribution in [3.8, 4) is 5.75 Å². The number of rotatable bonds is 7. The van der Waals surface area contributed by atoms with Crippen LogP contribution in [0.2, 0.25) is 5.02 Å². The van der Waals surface area contributed by atoms with Crippen molar-refractivity contribution in [1.82, 2.24) is 10.3 Å². The van der Waals surface area contributed by atoms with E-state index < -0.39 is 5.91 Å². The van der Waals surface area contributed by atoms with Gasteiger partial charge in [-0.25, -0.2) is 0 Å². The maximum atomic E-state index is 12.3. The number of benzene rings is 1. The molecule has 2 aromatic rings. The van der Waals surface area contributed by atoms with Gasteiger partial charge in [0.1, 0.15) is 11.4 Å². The largest absolute Gasteiger partial charge is 0.495 e. The van der Waals surface area contributed by atoms with Crippen LogP contribution in [0.5, 0.6) is 5.75 Å². The molecule has 2 amide bonds. The lowest BCUT2D eigenvalue weighted by Gasteiger charge is -2.09. The van der Waals surface area contributed by atoms with Crippen molar-refractivity contribution < 1.29 is 14.3 Å². The summed E-state index contributed by atoms with van der Waals surface area (Å²) in [5.41, 5.74) is 1.05. The van der Waals surface area contributed by atoms with E-state index >= 15 is 0 Å². The number of halogens is 1. The van der Waals surface area contributed by atoms with Gasteiger partial charge in [0.25, 0.3) is 11.8 Å². The summed E-state index contributed by atoms with van der Waals surface area (Å²) < 4.78 is 5.07. The highest BCUT2D eigenvalue weighted by molar-refractivity contribution is 6.32. The van der Waals surface area contributed by atoms with E-state index in [0.717, 1.165) is 12.8 Å². The van der Waals surface area contributed by atoms with Crippen LogP contribution in [0.25, 0.3) is 0 Å². The zero-order valence-corrected chi connectivity index (χ0v) is 14.9. The summed E-state index contributed by atoms with van der Waals surface area (Å²) in [6, 6.07) is 7.94. The fourth-order valence-electron chi connectivity index (χ4n) is 2.12. The first-order valence-electron chi connectivity index (χ1n) is 7.94.